The number of benzene rings is 1. The summed E-state index contributed by atoms with van der Waals surface area (Å²) in [5.41, 5.74) is 0.975. The lowest BCUT2D eigenvalue weighted by molar-refractivity contribution is -0.120. The molecule has 2 aromatic heterocycles. The zero-order chi connectivity index (χ0) is 23.0. The Morgan fingerprint density at radius 1 is 1.21 bits per heavy atom. The van der Waals surface area contributed by atoms with E-state index < -0.39 is 0 Å². The van der Waals surface area contributed by atoms with Crippen LogP contribution in [0.4, 0.5) is 5.69 Å². The van der Waals surface area contributed by atoms with Crippen molar-refractivity contribution in [3.8, 4) is 5.75 Å². The highest BCUT2D eigenvalue weighted by Crippen LogP contribution is 2.34. The molecule has 9 heteroatoms. The molecule has 0 bridgehead atoms. The molecule has 1 aliphatic carbocycles. The quantitative estimate of drug-likeness (QED) is 0.381. The number of rotatable bonds is 10. The summed E-state index contributed by atoms with van der Waals surface area (Å²) in [6.07, 6.45) is 5.95. The second kappa shape index (κ2) is 11.6. The zero-order valence-corrected chi connectivity index (χ0v) is 20.8. The number of amides is 1. The van der Waals surface area contributed by atoms with Crippen molar-refractivity contribution in [2.75, 3.05) is 12.4 Å². The fraction of sp³-hybridized carbons (Fsp3) is 0.458. The summed E-state index contributed by atoms with van der Waals surface area (Å²) in [6.45, 7) is 3.06. The number of nitrogens with one attached hydrogen (secondary N) is 2. The maximum atomic E-state index is 12.7. The van der Waals surface area contributed by atoms with Gasteiger partial charge >= 0.3 is 0 Å². The lowest BCUT2D eigenvalue weighted by atomic mass is 9.95. The molecule has 1 atom stereocenters. The highest BCUT2D eigenvalue weighted by Gasteiger charge is 2.25. The molecule has 1 aliphatic rings. The van der Waals surface area contributed by atoms with Crippen molar-refractivity contribution in [2.45, 2.75) is 68.6 Å². The largest absolute Gasteiger partial charge is 0.497 e. The molecule has 2 heterocycles. The van der Waals surface area contributed by atoms with Crippen LogP contribution < -0.4 is 15.4 Å². The first-order valence-corrected chi connectivity index (χ1v) is 13.2. The molecule has 1 aromatic carbocycles. The van der Waals surface area contributed by atoms with Gasteiger partial charge in [0.2, 0.25) is 5.91 Å². The highest BCUT2D eigenvalue weighted by molar-refractivity contribution is 8.00. The van der Waals surface area contributed by atoms with Gasteiger partial charge in [-0.15, -0.1) is 21.5 Å². The van der Waals surface area contributed by atoms with Crippen LogP contribution in [0, 0.1) is 0 Å². The molecule has 1 amide bonds. The van der Waals surface area contributed by atoms with Gasteiger partial charge in [-0.1, -0.05) is 43.2 Å². The maximum absolute atomic E-state index is 12.7. The van der Waals surface area contributed by atoms with E-state index in [0.717, 1.165) is 40.1 Å². The molecule has 7 nitrogen and oxygen atoms in total. The fourth-order valence-corrected chi connectivity index (χ4v) is 5.68. The smallest absolute Gasteiger partial charge is 0.233 e. The van der Waals surface area contributed by atoms with Crippen LogP contribution in [0.5, 0.6) is 5.75 Å². The molecular formula is C24H31N5O2S2. The first kappa shape index (κ1) is 23.6. The number of carbonyl (C=O) groups is 1. The molecule has 33 heavy (non-hydrogen) atoms. The van der Waals surface area contributed by atoms with Gasteiger partial charge in [0, 0.05) is 22.7 Å². The van der Waals surface area contributed by atoms with E-state index in [-0.39, 0.29) is 11.2 Å². The van der Waals surface area contributed by atoms with Gasteiger partial charge in [-0.2, -0.15) is 0 Å². The number of methoxy groups -OCH3 is 1. The van der Waals surface area contributed by atoms with E-state index in [9.17, 15) is 4.79 Å². The third kappa shape index (κ3) is 6.29. The summed E-state index contributed by atoms with van der Waals surface area (Å²) in [6, 6.07) is 12.3. The maximum Gasteiger partial charge on any atom is 0.233 e. The molecule has 0 radical (unpaired) electrons. The van der Waals surface area contributed by atoms with Crippen LogP contribution in [0.2, 0.25) is 0 Å². The average molecular weight is 486 g/mol. The summed E-state index contributed by atoms with van der Waals surface area (Å²) in [5, 5.41) is 18.1. The number of anilines is 1. The molecule has 176 valence electrons. The van der Waals surface area contributed by atoms with E-state index in [1.807, 2.05) is 48.7 Å². The van der Waals surface area contributed by atoms with Gasteiger partial charge in [-0.05, 0) is 43.3 Å². The van der Waals surface area contributed by atoms with Gasteiger partial charge in [-0.25, -0.2) is 0 Å². The fourth-order valence-electron chi connectivity index (χ4n) is 4.07. The number of ether oxygens (including phenoxy) is 1. The van der Waals surface area contributed by atoms with Gasteiger partial charge in [0.1, 0.15) is 5.75 Å². The Balaban J connectivity index is 1.46. The van der Waals surface area contributed by atoms with Crippen LogP contribution in [-0.4, -0.2) is 33.0 Å². The van der Waals surface area contributed by atoms with Crippen LogP contribution in [0.1, 0.15) is 55.8 Å². The number of nitrogens with zero attached hydrogens (tertiary/aromatic N) is 3. The van der Waals surface area contributed by atoms with Crippen molar-refractivity contribution in [1.82, 2.24) is 20.1 Å². The summed E-state index contributed by atoms with van der Waals surface area (Å²) >= 11 is 3.14. The van der Waals surface area contributed by atoms with E-state index in [1.54, 1.807) is 18.4 Å². The van der Waals surface area contributed by atoms with Crippen LogP contribution >= 0.6 is 23.1 Å². The third-order valence-electron chi connectivity index (χ3n) is 5.86. The van der Waals surface area contributed by atoms with Crippen LogP contribution in [0.15, 0.2) is 46.9 Å². The summed E-state index contributed by atoms with van der Waals surface area (Å²) in [7, 11) is 1.67. The van der Waals surface area contributed by atoms with Gasteiger partial charge in [-0.3, -0.25) is 4.79 Å². The molecule has 1 unspecified atom stereocenters. The molecule has 0 spiro atoms. The second-order valence-electron chi connectivity index (χ2n) is 8.20. The standard InChI is InChI=1S/C24H31N5O2S2/c1-17(23(30)26-15-21-12-7-13-32-21)33-24-28-27-22(29(24)19-9-4-3-5-10-19)16-25-18-8-6-11-20(14-18)31-2/h6-8,11-14,17,19,25H,3-5,9-10,15-16H2,1-2H3,(H,26,30). The average Bonchev–Trinajstić information content (AvgIpc) is 3.52. The number of thiophene rings is 1. The normalized spacial score (nSPS) is 15.2. The summed E-state index contributed by atoms with van der Waals surface area (Å²) < 4.78 is 7.59. The minimum atomic E-state index is -0.254. The predicted molar refractivity (Wildman–Crippen MR) is 134 cm³/mol. The minimum Gasteiger partial charge on any atom is -0.497 e. The molecule has 0 saturated heterocycles. The van der Waals surface area contributed by atoms with E-state index in [0.29, 0.717) is 19.1 Å². The van der Waals surface area contributed by atoms with E-state index >= 15 is 0 Å². The van der Waals surface area contributed by atoms with Crippen molar-refractivity contribution in [3.05, 3.63) is 52.5 Å². The highest BCUT2D eigenvalue weighted by atomic mass is 32.2. The lowest BCUT2D eigenvalue weighted by Crippen LogP contribution is -2.30. The Kier molecular flexibility index (Phi) is 8.28. The van der Waals surface area contributed by atoms with Crippen LogP contribution in [-0.2, 0) is 17.9 Å². The van der Waals surface area contributed by atoms with E-state index in [2.05, 4.69) is 25.4 Å². The van der Waals surface area contributed by atoms with Crippen LogP contribution in [0.3, 0.4) is 0 Å². The number of thioether (sulfide) groups is 1. The van der Waals surface area contributed by atoms with Crippen LogP contribution in [0.25, 0.3) is 0 Å². The lowest BCUT2D eigenvalue weighted by Gasteiger charge is -2.26. The summed E-state index contributed by atoms with van der Waals surface area (Å²) in [5.74, 6) is 1.73. The first-order valence-electron chi connectivity index (χ1n) is 11.4. The van der Waals surface area contributed by atoms with Gasteiger partial charge in [0.25, 0.3) is 0 Å². The molecule has 4 rings (SSSR count). The minimum absolute atomic E-state index is 0.0163. The Morgan fingerprint density at radius 3 is 2.82 bits per heavy atom. The second-order valence-corrected chi connectivity index (χ2v) is 10.5. The number of aromatic nitrogens is 3. The van der Waals surface area contributed by atoms with Gasteiger partial charge < -0.3 is 19.9 Å². The topological polar surface area (TPSA) is 81.1 Å². The summed E-state index contributed by atoms with van der Waals surface area (Å²) in [4.78, 5) is 13.8. The number of hydrogen-bond acceptors (Lipinski definition) is 7. The van der Waals surface area contributed by atoms with E-state index in [1.165, 1.54) is 31.0 Å². The number of hydrogen-bond donors (Lipinski definition) is 2. The third-order valence-corrected chi connectivity index (χ3v) is 7.80. The monoisotopic (exact) mass is 485 g/mol. The van der Waals surface area contributed by atoms with Crippen molar-refractivity contribution in [3.63, 3.8) is 0 Å². The van der Waals surface area contributed by atoms with Crippen molar-refractivity contribution in [1.29, 1.82) is 0 Å². The van der Waals surface area contributed by atoms with Crippen molar-refractivity contribution in [2.24, 2.45) is 0 Å². The molecule has 1 fully saturated rings. The molecule has 0 aliphatic heterocycles. The Hall–Kier alpha value is -2.52. The number of carbonyl (C=O) groups excluding carboxylic acids is 1. The Morgan fingerprint density at radius 2 is 2.06 bits per heavy atom. The van der Waals surface area contributed by atoms with E-state index in [4.69, 9.17) is 4.74 Å². The van der Waals surface area contributed by atoms with Crippen molar-refractivity contribution < 1.29 is 9.53 Å². The molecule has 3 aromatic rings. The Bertz CT molecular complexity index is 1030. The van der Waals surface area contributed by atoms with Gasteiger partial charge in [0.15, 0.2) is 11.0 Å². The molecule has 1 saturated carbocycles. The Labute approximate surface area is 203 Å². The molecular weight excluding hydrogens is 454 g/mol. The molecule has 2 N–H and O–H groups in total. The van der Waals surface area contributed by atoms with Gasteiger partial charge in [0.05, 0.1) is 25.4 Å². The SMILES string of the molecule is COc1cccc(NCc2nnc(SC(C)C(=O)NCc3cccs3)n2C2CCCCC2)c1. The van der Waals surface area contributed by atoms with Crippen molar-refractivity contribution >= 4 is 34.7 Å². The predicted octanol–water partition coefficient (Wildman–Crippen LogP) is 5.26. The first-order chi connectivity index (χ1) is 16.1. The zero-order valence-electron chi connectivity index (χ0n) is 19.1.